The molecule has 0 radical (unpaired) electrons. The number of carbonyl (C=O) groups excluding carboxylic acids is 1. The molecule has 1 saturated carbocycles. The van der Waals surface area contributed by atoms with Crippen molar-refractivity contribution in [3.05, 3.63) is 29.8 Å². The third-order valence-electron chi connectivity index (χ3n) is 4.88. The molecule has 1 aromatic rings. The quantitative estimate of drug-likeness (QED) is 0.910. The second-order valence-electron chi connectivity index (χ2n) is 6.52. The largest absolute Gasteiger partial charge is 0.481 e. The molecule has 4 nitrogen and oxygen atoms in total. The molecule has 0 saturated heterocycles. The Balaban J connectivity index is 1.90. The molecule has 1 aliphatic carbocycles. The van der Waals surface area contributed by atoms with E-state index in [0.29, 0.717) is 18.8 Å². The molecule has 1 amide bonds. The van der Waals surface area contributed by atoms with Crippen LogP contribution in [0.2, 0.25) is 0 Å². The van der Waals surface area contributed by atoms with Crippen LogP contribution in [0.15, 0.2) is 24.3 Å². The Morgan fingerprint density at radius 1 is 1.14 bits per heavy atom. The number of hydrogen-bond acceptors (Lipinski definition) is 2. The lowest BCUT2D eigenvalue weighted by Crippen LogP contribution is -2.42. The van der Waals surface area contributed by atoms with E-state index < -0.39 is 11.9 Å². The zero-order chi connectivity index (χ0) is 15.1. The predicted octanol–water partition coefficient (Wildman–Crippen LogP) is 2.71. The molecule has 1 fully saturated rings. The first kappa shape index (κ1) is 14.1. The number of hydrogen-bond donors (Lipinski definition) is 1. The van der Waals surface area contributed by atoms with Gasteiger partial charge in [0.2, 0.25) is 5.91 Å². The monoisotopic (exact) mass is 287 g/mol. The Kier molecular flexibility index (Phi) is 3.47. The summed E-state index contributed by atoms with van der Waals surface area (Å²) in [6.45, 7) is 4.07. The van der Waals surface area contributed by atoms with E-state index in [0.717, 1.165) is 12.1 Å². The predicted molar refractivity (Wildman–Crippen MR) is 80.1 cm³/mol. The van der Waals surface area contributed by atoms with Gasteiger partial charge in [0.15, 0.2) is 0 Å². The van der Waals surface area contributed by atoms with E-state index in [1.807, 2.05) is 43.0 Å². The molecule has 2 unspecified atom stereocenters. The molecule has 1 aliphatic heterocycles. The molecule has 2 aliphatic rings. The summed E-state index contributed by atoms with van der Waals surface area (Å²) in [5, 5.41) is 9.38. The molecule has 3 rings (SSSR count). The standard InChI is InChI=1S/C17H21NO3/c1-10-7-13(14(8-10)17(20)21)16(19)18-11(2)9-12-5-3-4-6-15(12)18/h3-6,10-11,13-14H,7-9H2,1-2H3,(H,20,21)/t10?,11?,13-,14+/m0/s1. The highest BCUT2D eigenvalue weighted by atomic mass is 16.4. The highest BCUT2D eigenvalue weighted by Crippen LogP contribution is 2.41. The minimum absolute atomic E-state index is 0.01000. The topological polar surface area (TPSA) is 57.6 Å². The number of carboxylic acid groups (broad SMARTS) is 1. The van der Waals surface area contributed by atoms with Crippen LogP contribution in [0.25, 0.3) is 0 Å². The van der Waals surface area contributed by atoms with Crippen LogP contribution in [0.5, 0.6) is 0 Å². The number of benzene rings is 1. The average molecular weight is 287 g/mol. The van der Waals surface area contributed by atoms with Crippen molar-refractivity contribution in [3.8, 4) is 0 Å². The van der Waals surface area contributed by atoms with E-state index in [1.54, 1.807) is 0 Å². The number of rotatable bonds is 2. The summed E-state index contributed by atoms with van der Waals surface area (Å²) in [7, 11) is 0. The van der Waals surface area contributed by atoms with Gasteiger partial charge in [-0.05, 0) is 43.7 Å². The van der Waals surface area contributed by atoms with Gasteiger partial charge in [0, 0.05) is 11.7 Å². The highest BCUT2D eigenvalue weighted by Gasteiger charge is 2.45. The van der Waals surface area contributed by atoms with Gasteiger partial charge in [-0.15, -0.1) is 0 Å². The maximum Gasteiger partial charge on any atom is 0.307 e. The smallest absolute Gasteiger partial charge is 0.307 e. The van der Waals surface area contributed by atoms with Gasteiger partial charge in [-0.25, -0.2) is 0 Å². The van der Waals surface area contributed by atoms with Crippen molar-refractivity contribution >= 4 is 17.6 Å². The molecule has 4 atom stereocenters. The molecule has 0 bridgehead atoms. The minimum atomic E-state index is -0.835. The summed E-state index contributed by atoms with van der Waals surface area (Å²) in [4.78, 5) is 26.2. The van der Waals surface area contributed by atoms with Crippen molar-refractivity contribution in [2.45, 2.75) is 39.2 Å². The number of nitrogens with zero attached hydrogens (tertiary/aromatic N) is 1. The number of carboxylic acids is 1. The normalized spacial score (nSPS) is 31.2. The van der Waals surface area contributed by atoms with Crippen LogP contribution in [-0.2, 0) is 16.0 Å². The van der Waals surface area contributed by atoms with Gasteiger partial charge >= 0.3 is 5.97 Å². The van der Waals surface area contributed by atoms with Crippen LogP contribution in [-0.4, -0.2) is 23.0 Å². The van der Waals surface area contributed by atoms with Gasteiger partial charge < -0.3 is 10.0 Å². The number of fused-ring (bicyclic) bond motifs is 1. The third-order valence-corrected chi connectivity index (χ3v) is 4.88. The summed E-state index contributed by atoms with van der Waals surface area (Å²) in [5.41, 5.74) is 2.13. The van der Waals surface area contributed by atoms with E-state index >= 15 is 0 Å². The van der Waals surface area contributed by atoms with E-state index in [2.05, 4.69) is 0 Å². The Morgan fingerprint density at radius 2 is 1.81 bits per heavy atom. The summed E-state index contributed by atoms with van der Waals surface area (Å²) >= 11 is 0. The van der Waals surface area contributed by atoms with Crippen molar-refractivity contribution in [1.82, 2.24) is 0 Å². The third kappa shape index (κ3) is 2.33. The number of carbonyl (C=O) groups is 2. The summed E-state index contributed by atoms with van der Waals surface area (Å²) in [5.74, 6) is -1.46. The Bertz CT molecular complexity index is 583. The Labute approximate surface area is 124 Å². The Hall–Kier alpha value is -1.84. The molecular formula is C17H21NO3. The first-order valence-corrected chi connectivity index (χ1v) is 7.62. The van der Waals surface area contributed by atoms with E-state index in [9.17, 15) is 14.7 Å². The highest BCUT2D eigenvalue weighted by molar-refractivity contribution is 5.99. The molecular weight excluding hydrogens is 266 g/mol. The molecule has 0 spiro atoms. The van der Waals surface area contributed by atoms with Crippen LogP contribution >= 0.6 is 0 Å². The van der Waals surface area contributed by atoms with Gasteiger partial charge in [0.1, 0.15) is 0 Å². The number of para-hydroxylation sites is 1. The van der Waals surface area contributed by atoms with E-state index in [-0.39, 0.29) is 17.9 Å². The molecule has 1 aromatic carbocycles. The fourth-order valence-electron chi connectivity index (χ4n) is 3.92. The Morgan fingerprint density at radius 3 is 2.52 bits per heavy atom. The van der Waals surface area contributed by atoms with Crippen molar-refractivity contribution < 1.29 is 14.7 Å². The van der Waals surface area contributed by atoms with Gasteiger partial charge in [-0.1, -0.05) is 25.1 Å². The second kappa shape index (κ2) is 5.17. The summed E-state index contributed by atoms with van der Waals surface area (Å²) in [6, 6.07) is 8.04. The lowest BCUT2D eigenvalue weighted by molar-refractivity contribution is -0.145. The fraction of sp³-hybridized carbons (Fsp3) is 0.529. The molecule has 21 heavy (non-hydrogen) atoms. The molecule has 112 valence electrons. The van der Waals surface area contributed by atoms with Gasteiger partial charge in [0.25, 0.3) is 0 Å². The molecule has 0 aromatic heterocycles. The zero-order valence-corrected chi connectivity index (χ0v) is 12.5. The SMILES string of the molecule is CC1C[C@H](C(=O)N2c3ccccc3CC2C)[C@H](C(=O)O)C1. The van der Waals surface area contributed by atoms with Crippen LogP contribution in [0.3, 0.4) is 0 Å². The van der Waals surface area contributed by atoms with Crippen molar-refractivity contribution in [1.29, 1.82) is 0 Å². The van der Waals surface area contributed by atoms with Crippen LogP contribution in [0.4, 0.5) is 5.69 Å². The van der Waals surface area contributed by atoms with Gasteiger partial charge in [-0.2, -0.15) is 0 Å². The summed E-state index contributed by atoms with van der Waals surface area (Å²) in [6.07, 6.45) is 2.14. The molecule has 1 N–H and O–H groups in total. The lowest BCUT2D eigenvalue weighted by atomic mass is 9.94. The number of anilines is 1. The average Bonchev–Trinajstić information content (AvgIpc) is 2.97. The van der Waals surface area contributed by atoms with Crippen molar-refractivity contribution in [3.63, 3.8) is 0 Å². The van der Waals surface area contributed by atoms with Crippen LogP contribution in [0.1, 0.15) is 32.3 Å². The van der Waals surface area contributed by atoms with Crippen LogP contribution in [0, 0.1) is 17.8 Å². The lowest BCUT2D eigenvalue weighted by Gasteiger charge is -2.27. The first-order valence-electron chi connectivity index (χ1n) is 7.62. The van der Waals surface area contributed by atoms with Crippen molar-refractivity contribution in [2.24, 2.45) is 17.8 Å². The van der Waals surface area contributed by atoms with Crippen molar-refractivity contribution in [2.75, 3.05) is 4.90 Å². The molecule has 4 heteroatoms. The van der Waals surface area contributed by atoms with Gasteiger partial charge in [-0.3, -0.25) is 9.59 Å². The number of aliphatic carboxylic acids is 1. The van der Waals surface area contributed by atoms with E-state index in [1.165, 1.54) is 5.56 Å². The van der Waals surface area contributed by atoms with E-state index in [4.69, 9.17) is 0 Å². The fourth-order valence-corrected chi connectivity index (χ4v) is 3.92. The van der Waals surface area contributed by atoms with Gasteiger partial charge in [0.05, 0.1) is 11.8 Å². The second-order valence-corrected chi connectivity index (χ2v) is 6.52. The maximum atomic E-state index is 12.9. The van der Waals surface area contributed by atoms with Crippen LogP contribution < -0.4 is 4.90 Å². The minimum Gasteiger partial charge on any atom is -0.481 e. The maximum absolute atomic E-state index is 12.9. The zero-order valence-electron chi connectivity index (χ0n) is 12.5. The molecule has 1 heterocycles. The first-order chi connectivity index (χ1) is 9.99. The summed E-state index contributed by atoms with van der Waals surface area (Å²) < 4.78 is 0. The number of amides is 1.